The van der Waals surface area contributed by atoms with Gasteiger partial charge in [-0.15, -0.1) is 0 Å². The maximum atomic E-state index is 12.2. The first-order valence-corrected chi connectivity index (χ1v) is 6.62. The van der Waals surface area contributed by atoms with Gasteiger partial charge in [0.15, 0.2) is 0 Å². The molecule has 16 heavy (non-hydrogen) atoms. The Kier molecular flexibility index (Phi) is 6.70. The van der Waals surface area contributed by atoms with Crippen LogP contribution in [0.3, 0.4) is 0 Å². The fourth-order valence-corrected chi connectivity index (χ4v) is 1.86. The van der Waals surface area contributed by atoms with Crippen molar-refractivity contribution in [2.45, 2.75) is 60.8 Å². The number of carbonyl (C=O) groups is 1. The number of rotatable bonds is 7. The lowest BCUT2D eigenvalue weighted by Gasteiger charge is -2.32. The molecule has 0 radical (unpaired) electrons. The lowest BCUT2D eigenvalue weighted by Crippen LogP contribution is -2.42. The molecule has 0 aromatic rings. The molecule has 0 saturated carbocycles. The maximum absolute atomic E-state index is 12.2. The summed E-state index contributed by atoms with van der Waals surface area (Å²) in [5.74, 6) is 1.27. The Morgan fingerprint density at radius 1 is 1.25 bits per heavy atom. The first kappa shape index (κ1) is 15.5. The zero-order valence-corrected chi connectivity index (χ0v) is 11.9. The topological polar surface area (TPSA) is 29.1 Å². The van der Waals surface area contributed by atoms with Gasteiger partial charge in [-0.3, -0.25) is 4.79 Å². The molecular formula is C14H29NO. The molecule has 1 unspecified atom stereocenters. The van der Waals surface area contributed by atoms with E-state index < -0.39 is 0 Å². The SMILES string of the molecule is CCCC(C)(C(=O)NCCC(C)C)C(C)C. The van der Waals surface area contributed by atoms with E-state index in [2.05, 4.69) is 46.9 Å². The molecule has 0 heterocycles. The molecule has 0 aromatic heterocycles. The van der Waals surface area contributed by atoms with Crippen molar-refractivity contribution in [3.8, 4) is 0 Å². The summed E-state index contributed by atoms with van der Waals surface area (Å²) in [6, 6.07) is 0. The summed E-state index contributed by atoms with van der Waals surface area (Å²) in [4.78, 5) is 12.2. The van der Waals surface area contributed by atoms with E-state index in [9.17, 15) is 4.79 Å². The van der Waals surface area contributed by atoms with Crippen molar-refractivity contribution in [1.29, 1.82) is 0 Å². The Morgan fingerprint density at radius 2 is 1.81 bits per heavy atom. The summed E-state index contributed by atoms with van der Waals surface area (Å²) in [6.07, 6.45) is 3.09. The van der Waals surface area contributed by atoms with E-state index in [0.717, 1.165) is 25.8 Å². The summed E-state index contributed by atoms with van der Waals surface area (Å²) >= 11 is 0. The average molecular weight is 227 g/mol. The van der Waals surface area contributed by atoms with Crippen molar-refractivity contribution < 1.29 is 4.79 Å². The molecule has 0 bridgehead atoms. The van der Waals surface area contributed by atoms with E-state index in [4.69, 9.17) is 0 Å². The molecule has 0 aliphatic rings. The number of amides is 1. The molecule has 0 aromatic carbocycles. The van der Waals surface area contributed by atoms with Gasteiger partial charge in [0.2, 0.25) is 5.91 Å². The third-order valence-corrected chi connectivity index (χ3v) is 3.57. The second-order valence-electron chi connectivity index (χ2n) is 5.76. The van der Waals surface area contributed by atoms with Crippen molar-refractivity contribution in [2.75, 3.05) is 6.54 Å². The molecule has 2 heteroatoms. The predicted molar refractivity (Wildman–Crippen MR) is 70.3 cm³/mol. The molecule has 0 aliphatic carbocycles. The van der Waals surface area contributed by atoms with E-state index in [1.807, 2.05) is 0 Å². The Balaban J connectivity index is 4.29. The molecule has 1 N–H and O–H groups in total. The monoisotopic (exact) mass is 227 g/mol. The molecule has 0 fully saturated rings. The third kappa shape index (κ3) is 4.54. The first-order chi connectivity index (χ1) is 7.34. The molecule has 2 nitrogen and oxygen atoms in total. The fraction of sp³-hybridized carbons (Fsp3) is 0.929. The van der Waals surface area contributed by atoms with E-state index in [1.165, 1.54) is 0 Å². The van der Waals surface area contributed by atoms with E-state index in [-0.39, 0.29) is 11.3 Å². The summed E-state index contributed by atoms with van der Waals surface area (Å²) in [5.41, 5.74) is -0.203. The molecule has 0 rings (SSSR count). The van der Waals surface area contributed by atoms with Crippen molar-refractivity contribution in [1.82, 2.24) is 5.32 Å². The number of nitrogens with one attached hydrogen (secondary N) is 1. The highest BCUT2D eigenvalue weighted by atomic mass is 16.2. The minimum atomic E-state index is -0.203. The van der Waals surface area contributed by atoms with Crippen LogP contribution in [0, 0.1) is 17.3 Å². The van der Waals surface area contributed by atoms with Crippen molar-refractivity contribution in [3.63, 3.8) is 0 Å². The van der Waals surface area contributed by atoms with Gasteiger partial charge >= 0.3 is 0 Å². The van der Waals surface area contributed by atoms with E-state index in [1.54, 1.807) is 0 Å². The van der Waals surface area contributed by atoms with Crippen molar-refractivity contribution in [3.05, 3.63) is 0 Å². The summed E-state index contributed by atoms with van der Waals surface area (Å²) < 4.78 is 0. The lowest BCUT2D eigenvalue weighted by atomic mass is 9.75. The molecule has 0 spiro atoms. The largest absolute Gasteiger partial charge is 0.356 e. The zero-order valence-electron chi connectivity index (χ0n) is 11.9. The highest BCUT2D eigenvalue weighted by molar-refractivity contribution is 5.82. The molecule has 1 amide bonds. The fourth-order valence-electron chi connectivity index (χ4n) is 1.86. The van der Waals surface area contributed by atoms with Gasteiger partial charge in [0.05, 0.1) is 0 Å². The molecule has 0 saturated heterocycles. The van der Waals surface area contributed by atoms with Gasteiger partial charge < -0.3 is 5.32 Å². The number of hydrogen-bond donors (Lipinski definition) is 1. The minimum absolute atomic E-state index is 0.203. The Labute approximate surface area is 101 Å². The maximum Gasteiger partial charge on any atom is 0.226 e. The summed E-state index contributed by atoms with van der Waals surface area (Å²) in [5, 5.41) is 3.08. The Hall–Kier alpha value is -0.530. The summed E-state index contributed by atoms with van der Waals surface area (Å²) in [7, 11) is 0. The predicted octanol–water partition coefficient (Wildman–Crippen LogP) is 3.61. The van der Waals surface area contributed by atoms with Gasteiger partial charge in [0, 0.05) is 12.0 Å². The van der Waals surface area contributed by atoms with Gasteiger partial charge in [-0.05, 0) is 24.7 Å². The third-order valence-electron chi connectivity index (χ3n) is 3.57. The second-order valence-corrected chi connectivity index (χ2v) is 5.76. The normalized spacial score (nSPS) is 15.2. The van der Waals surface area contributed by atoms with Crippen LogP contribution in [-0.2, 0) is 4.79 Å². The molecule has 1 atom stereocenters. The lowest BCUT2D eigenvalue weighted by molar-refractivity contribution is -0.133. The Morgan fingerprint density at radius 3 is 2.19 bits per heavy atom. The number of hydrogen-bond acceptors (Lipinski definition) is 1. The average Bonchev–Trinajstić information content (AvgIpc) is 2.16. The van der Waals surface area contributed by atoms with Gasteiger partial charge in [-0.2, -0.15) is 0 Å². The summed E-state index contributed by atoms with van der Waals surface area (Å²) in [6.45, 7) is 13.7. The highest BCUT2D eigenvalue weighted by Gasteiger charge is 2.35. The van der Waals surface area contributed by atoms with Gasteiger partial charge in [-0.25, -0.2) is 0 Å². The van der Waals surface area contributed by atoms with Crippen LogP contribution >= 0.6 is 0 Å². The van der Waals surface area contributed by atoms with E-state index >= 15 is 0 Å². The molecule has 96 valence electrons. The minimum Gasteiger partial charge on any atom is -0.356 e. The quantitative estimate of drug-likeness (QED) is 0.707. The van der Waals surface area contributed by atoms with Gasteiger partial charge in [0.1, 0.15) is 0 Å². The van der Waals surface area contributed by atoms with Crippen molar-refractivity contribution >= 4 is 5.91 Å². The van der Waals surface area contributed by atoms with Gasteiger partial charge in [0.25, 0.3) is 0 Å². The standard InChI is InChI=1S/C14H29NO/c1-7-9-14(6,12(4)5)13(16)15-10-8-11(2)3/h11-12H,7-10H2,1-6H3,(H,15,16). The van der Waals surface area contributed by atoms with Gasteiger partial charge in [-0.1, -0.05) is 48.0 Å². The van der Waals surface area contributed by atoms with Crippen LogP contribution in [0.1, 0.15) is 60.8 Å². The second kappa shape index (κ2) is 6.93. The van der Waals surface area contributed by atoms with Crippen LogP contribution in [0.2, 0.25) is 0 Å². The van der Waals surface area contributed by atoms with Crippen LogP contribution in [0.5, 0.6) is 0 Å². The van der Waals surface area contributed by atoms with Crippen molar-refractivity contribution in [2.24, 2.45) is 17.3 Å². The van der Waals surface area contributed by atoms with Crippen LogP contribution < -0.4 is 5.32 Å². The van der Waals surface area contributed by atoms with Crippen LogP contribution in [0.15, 0.2) is 0 Å². The number of carbonyl (C=O) groups excluding carboxylic acids is 1. The molecule has 0 aliphatic heterocycles. The van der Waals surface area contributed by atoms with Crippen LogP contribution in [0.25, 0.3) is 0 Å². The Bertz CT molecular complexity index is 211. The smallest absolute Gasteiger partial charge is 0.226 e. The zero-order chi connectivity index (χ0) is 12.8. The molecular weight excluding hydrogens is 198 g/mol. The first-order valence-electron chi connectivity index (χ1n) is 6.62. The van der Waals surface area contributed by atoms with Crippen LogP contribution in [-0.4, -0.2) is 12.5 Å². The van der Waals surface area contributed by atoms with E-state index in [0.29, 0.717) is 11.8 Å². The van der Waals surface area contributed by atoms with Crippen LogP contribution in [0.4, 0.5) is 0 Å². The highest BCUT2D eigenvalue weighted by Crippen LogP contribution is 2.32.